The lowest BCUT2D eigenvalue weighted by Gasteiger charge is -2.31. The van der Waals surface area contributed by atoms with Crippen LogP contribution in [-0.2, 0) is 4.79 Å². The molecule has 2 nitrogen and oxygen atoms in total. The average molecular weight is 173 g/mol. The van der Waals surface area contributed by atoms with E-state index >= 15 is 0 Å². The van der Waals surface area contributed by atoms with E-state index in [1.807, 2.05) is 0 Å². The van der Waals surface area contributed by atoms with Crippen molar-refractivity contribution in [3.63, 3.8) is 0 Å². The van der Waals surface area contributed by atoms with E-state index < -0.39 is 0 Å². The molecule has 1 rings (SSSR count). The van der Waals surface area contributed by atoms with Gasteiger partial charge in [0.15, 0.2) is 0 Å². The summed E-state index contributed by atoms with van der Waals surface area (Å²) in [4.78, 5) is 11.0. The first-order valence-electron chi connectivity index (χ1n) is 4.18. The molecule has 2 unspecified atom stereocenters. The van der Waals surface area contributed by atoms with Crippen molar-refractivity contribution in [2.24, 2.45) is 17.6 Å². The van der Waals surface area contributed by atoms with Gasteiger partial charge in [0.05, 0.1) is 0 Å². The molecule has 0 aromatic rings. The van der Waals surface area contributed by atoms with E-state index in [1.165, 1.54) is 6.42 Å². The molecular weight excluding hydrogens is 157 g/mol. The molecule has 1 aliphatic carbocycles. The number of hydrogen-bond acceptors (Lipinski definition) is 1. The second-order valence-corrected chi connectivity index (χ2v) is 4.36. The van der Waals surface area contributed by atoms with Gasteiger partial charge in [-0.15, -0.1) is 9.24 Å². The van der Waals surface area contributed by atoms with Crippen LogP contribution in [0, 0.1) is 11.8 Å². The molecule has 1 aliphatic rings. The van der Waals surface area contributed by atoms with Crippen LogP contribution >= 0.6 is 9.24 Å². The van der Waals surface area contributed by atoms with Crippen molar-refractivity contribution in [2.75, 3.05) is 0 Å². The lowest BCUT2D eigenvalue weighted by Crippen LogP contribution is -2.37. The van der Waals surface area contributed by atoms with Gasteiger partial charge in [-0.25, -0.2) is 0 Å². The highest BCUT2D eigenvalue weighted by molar-refractivity contribution is 7.17. The van der Waals surface area contributed by atoms with Crippen molar-refractivity contribution in [3.05, 3.63) is 0 Å². The molecule has 0 heterocycles. The molecule has 1 saturated carbocycles. The third-order valence-electron chi connectivity index (χ3n) is 2.60. The van der Waals surface area contributed by atoms with Crippen molar-refractivity contribution >= 4 is 15.1 Å². The predicted octanol–water partition coefficient (Wildman–Crippen LogP) is 1.15. The van der Waals surface area contributed by atoms with E-state index in [4.69, 9.17) is 5.73 Å². The normalized spacial score (nSPS) is 38.5. The zero-order chi connectivity index (χ0) is 8.43. The van der Waals surface area contributed by atoms with Gasteiger partial charge < -0.3 is 5.73 Å². The highest BCUT2D eigenvalue weighted by atomic mass is 31.0. The average Bonchev–Trinajstić information content (AvgIpc) is 1.85. The van der Waals surface area contributed by atoms with Gasteiger partial charge >= 0.3 is 0 Å². The Hall–Kier alpha value is -0.100. The van der Waals surface area contributed by atoms with Gasteiger partial charge in [0, 0.05) is 5.92 Å². The fraction of sp³-hybridized carbons (Fsp3) is 0.875. The molecule has 0 aromatic carbocycles. The van der Waals surface area contributed by atoms with Gasteiger partial charge in [0.2, 0.25) is 5.91 Å². The monoisotopic (exact) mass is 173 g/mol. The van der Waals surface area contributed by atoms with Gasteiger partial charge in [-0.05, 0) is 24.4 Å². The Morgan fingerprint density at radius 1 is 1.55 bits per heavy atom. The maximum absolute atomic E-state index is 11.0. The van der Waals surface area contributed by atoms with Crippen LogP contribution in [0.1, 0.15) is 26.2 Å². The lowest BCUT2D eigenvalue weighted by atomic mass is 9.79. The smallest absolute Gasteiger partial charge is 0.221 e. The minimum atomic E-state index is -0.128. The summed E-state index contributed by atoms with van der Waals surface area (Å²) >= 11 is 0. The van der Waals surface area contributed by atoms with Crippen LogP contribution < -0.4 is 5.73 Å². The van der Waals surface area contributed by atoms with Crippen LogP contribution in [0.25, 0.3) is 0 Å². The number of rotatable bonds is 1. The summed E-state index contributed by atoms with van der Waals surface area (Å²) < 4.78 is 0. The van der Waals surface area contributed by atoms with Crippen molar-refractivity contribution < 1.29 is 4.79 Å². The summed E-state index contributed by atoms with van der Waals surface area (Å²) in [6.07, 6.45) is 3.51. The predicted molar refractivity (Wildman–Crippen MR) is 49.2 cm³/mol. The number of carbonyl (C=O) groups is 1. The van der Waals surface area contributed by atoms with Crippen LogP contribution in [-0.4, -0.2) is 11.6 Å². The molecule has 4 atom stereocenters. The van der Waals surface area contributed by atoms with Crippen molar-refractivity contribution in [3.8, 4) is 0 Å². The molecule has 0 saturated heterocycles. The van der Waals surface area contributed by atoms with Crippen molar-refractivity contribution in [1.29, 1.82) is 0 Å². The third kappa shape index (κ3) is 1.93. The molecule has 0 aromatic heterocycles. The first-order chi connectivity index (χ1) is 5.13. The summed E-state index contributed by atoms with van der Waals surface area (Å²) in [6.45, 7) is 2.12. The van der Waals surface area contributed by atoms with Gasteiger partial charge in [0.25, 0.3) is 0 Å². The van der Waals surface area contributed by atoms with E-state index in [2.05, 4.69) is 16.2 Å². The van der Waals surface area contributed by atoms with Gasteiger partial charge in [0.1, 0.15) is 0 Å². The second kappa shape index (κ2) is 3.53. The SMILES string of the molecule is CC1CCC[C@@H](P)[C@H]1C(N)=O. The molecule has 0 bridgehead atoms. The van der Waals surface area contributed by atoms with Crippen molar-refractivity contribution in [1.82, 2.24) is 0 Å². The van der Waals surface area contributed by atoms with Gasteiger partial charge in [-0.3, -0.25) is 4.79 Å². The van der Waals surface area contributed by atoms with Gasteiger partial charge in [-0.2, -0.15) is 0 Å². The highest BCUT2D eigenvalue weighted by Crippen LogP contribution is 2.34. The zero-order valence-electron chi connectivity index (χ0n) is 6.92. The van der Waals surface area contributed by atoms with Crippen LogP contribution in [0.2, 0.25) is 0 Å². The molecule has 0 radical (unpaired) electrons. The topological polar surface area (TPSA) is 43.1 Å². The number of amides is 1. The zero-order valence-corrected chi connectivity index (χ0v) is 8.07. The minimum Gasteiger partial charge on any atom is -0.369 e. The van der Waals surface area contributed by atoms with E-state index in [1.54, 1.807) is 0 Å². The fourth-order valence-corrected chi connectivity index (χ4v) is 2.75. The molecule has 11 heavy (non-hydrogen) atoms. The summed E-state index contributed by atoms with van der Waals surface area (Å²) in [5.41, 5.74) is 5.71. The second-order valence-electron chi connectivity index (χ2n) is 3.50. The molecule has 1 amide bonds. The summed E-state index contributed by atoms with van der Waals surface area (Å²) in [7, 11) is 2.74. The molecule has 0 spiro atoms. The highest BCUT2D eigenvalue weighted by Gasteiger charge is 2.31. The number of primary amides is 1. The largest absolute Gasteiger partial charge is 0.369 e. The van der Waals surface area contributed by atoms with E-state index in [-0.39, 0.29) is 11.8 Å². The Kier molecular flexibility index (Phi) is 2.89. The van der Waals surface area contributed by atoms with Crippen LogP contribution in [0.4, 0.5) is 0 Å². The Labute approximate surface area is 70.1 Å². The van der Waals surface area contributed by atoms with Crippen LogP contribution in [0.3, 0.4) is 0 Å². The first-order valence-corrected chi connectivity index (χ1v) is 4.84. The fourth-order valence-electron chi connectivity index (χ4n) is 1.95. The Bertz CT molecular complexity index is 150. The standard InChI is InChI=1S/C8H16NOP/c1-5-3-2-4-6(11)7(5)8(9)10/h5-7H,2-4,11H2,1H3,(H2,9,10)/t5?,6-,7+/m1/s1. The first kappa shape index (κ1) is 8.99. The van der Waals surface area contributed by atoms with E-state index in [0.717, 1.165) is 12.8 Å². The van der Waals surface area contributed by atoms with Gasteiger partial charge in [-0.1, -0.05) is 13.3 Å². The quantitative estimate of drug-likeness (QED) is 0.594. The van der Waals surface area contributed by atoms with Crippen LogP contribution in [0.5, 0.6) is 0 Å². The summed E-state index contributed by atoms with van der Waals surface area (Å²) in [6, 6.07) is 0. The van der Waals surface area contributed by atoms with Crippen LogP contribution in [0.15, 0.2) is 0 Å². The molecule has 0 aliphatic heterocycles. The lowest BCUT2D eigenvalue weighted by molar-refractivity contribution is -0.123. The summed E-state index contributed by atoms with van der Waals surface area (Å²) in [5, 5.41) is 0. The Morgan fingerprint density at radius 3 is 2.55 bits per heavy atom. The molecular formula is C8H16NOP. The number of hydrogen-bond donors (Lipinski definition) is 1. The molecule has 3 heteroatoms. The molecule has 64 valence electrons. The molecule has 2 N–H and O–H groups in total. The minimum absolute atomic E-state index is 0.0914. The maximum atomic E-state index is 11.0. The number of nitrogens with two attached hydrogens (primary N) is 1. The molecule has 1 fully saturated rings. The summed E-state index contributed by atoms with van der Waals surface area (Å²) in [5.74, 6) is 0.440. The maximum Gasteiger partial charge on any atom is 0.221 e. The number of carbonyl (C=O) groups excluding carboxylic acids is 1. The Balaban J connectivity index is 2.62. The Morgan fingerprint density at radius 2 is 2.18 bits per heavy atom. The van der Waals surface area contributed by atoms with E-state index in [0.29, 0.717) is 11.6 Å². The van der Waals surface area contributed by atoms with Crippen molar-refractivity contribution in [2.45, 2.75) is 31.8 Å². The van der Waals surface area contributed by atoms with E-state index in [9.17, 15) is 4.79 Å². The third-order valence-corrected chi connectivity index (χ3v) is 3.35.